The lowest BCUT2D eigenvalue weighted by Crippen LogP contribution is -2.42. The van der Waals surface area contributed by atoms with Gasteiger partial charge in [0, 0.05) is 38.3 Å². The molecule has 1 saturated heterocycles. The Hall–Kier alpha value is -1.59. The van der Waals surface area contributed by atoms with Crippen molar-refractivity contribution >= 4 is 5.97 Å². The van der Waals surface area contributed by atoms with Gasteiger partial charge in [0.05, 0.1) is 20.1 Å². The van der Waals surface area contributed by atoms with Crippen LogP contribution in [0.3, 0.4) is 0 Å². The topological polar surface area (TPSA) is 50.8 Å². The number of piperazine rings is 1. The Kier molecular flexibility index (Phi) is 7.53. The van der Waals surface area contributed by atoms with Crippen LogP contribution in [0.5, 0.6) is 5.75 Å². The minimum Gasteiger partial charge on any atom is -0.493 e. The van der Waals surface area contributed by atoms with Crippen molar-refractivity contribution in [2.24, 2.45) is 5.92 Å². The van der Waals surface area contributed by atoms with Gasteiger partial charge in [0.1, 0.15) is 5.75 Å². The largest absolute Gasteiger partial charge is 0.493 e. The minimum atomic E-state index is -0.211. The Labute approximate surface area is 145 Å². The van der Waals surface area contributed by atoms with Gasteiger partial charge < -0.3 is 14.8 Å². The van der Waals surface area contributed by atoms with Crippen molar-refractivity contribution in [3.63, 3.8) is 0 Å². The summed E-state index contributed by atoms with van der Waals surface area (Å²) in [5.74, 6) is 1.35. The molecule has 1 fully saturated rings. The van der Waals surface area contributed by atoms with Gasteiger partial charge in [0.15, 0.2) is 0 Å². The summed E-state index contributed by atoms with van der Waals surface area (Å²) in [7, 11) is 1.42. The van der Waals surface area contributed by atoms with E-state index in [1.54, 1.807) is 0 Å². The molecule has 0 atom stereocenters. The summed E-state index contributed by atoms with van der Waals surface area (Å²) >= 11 is 0. The maximum Gasteiger partial charge on any atom is 0.309 e. The fourth-order valence-electron chi connectivity index (χ4n) is 2.76. The number of esters is 1. The third kappa shape index (κ3) is 6.13. The minimum absolute atomic E-state index is 0.211. The van der Waals surface area contributed by atoms with Crippen LogP contribution in [0, 0.1) is 5.92 Å². The highest BCUT2D eigenvalue weighted by Gasteiger charge is 2.15. The number of rotatable bonds is 8. The van der Waals surface area contributed by atoms with Crippen molar-refractivity contribution in [2.45, 2.75) is 33.2 Å². The molecule has 0 unspecified atom stereocenters. The summed E-state index contributed by atoms with van der Waals surface area (Å²) in [6.07, 6.45) is 1.34. The maximum atomic E-state index is 11.5. The molecule has 0 aromatic heterocycles. The number of carbonyl (C=O) groups excluding carboxylic acids is 1. The molecule has 0 spiro atoms. The smallest absolute Gasteiger partial charge is 0.309 e. The molecular weight excluding hydrogens is 304 g/mol. The van der Waals surface area contributed by atoms with Crippen LogP contribution in [-0.4, -0.2) is 50.8 Å². The molecule has 1 aromatic rings. The first-order valence-electron chi connectivity index (χ1n) is 8.83. The third-order valence-electron chi connectivity index (χ3n) is 4.26. The highest BCUT2D eigenvalue weighted by Crippen LogP contribution is 2.23. The van der Waals surface area contributed by atoms with Crippen LogP contribution in [0.2, 0.25) is 0 Å². The van der Waals surface area contributed by atoms with Gasteiger partial charge in [-0.2, -0.15) is 0 Å². The first-order chi connectivity index (χ1) is 11.6. The molecule has 0 radical (unpaired) electrons. The molecule has 0 saturated carbocycles. The van der Waals surface area contributed by atoms with Crippen molar-refractivity contribution in [3.05, 3.63) is 29.3 Å². The van der Waals surface area contributed by atoms with Crippen molar-refractivity contribution in [1.29, 1.82) is 0 Å². The fourth-order valence-corrected chi connectivity index (χ4v) is 2.76. The molecule has 24 heavy (non-hydrogen) atoms. The quantitative estimate of drug-likeness (QED) is 0.739. The lowest BCUT2D eigenvalue weighted by Gasteiger charge is -2.28. The zero-order valence-electron chi connectivity index (χ0n) is 15.1. The zero-order chi connectivity index (χ0) is 17.4. The van der Waals surface area contributed by atoms with Crippen LogP contribution in [0.4, 0.5) is 0 Å². The first-order valence-corrected chi connectivity index (χ1v) is 8.83. The van der Waals surface area contributed by atoms with Crippen LogP contribution >= 0.6 is 0 Å². The van der Waals surface area contributed by atoms with E-state index >= 15 is 0 Å². The molecule has 5 heteroatoms. The predicted octanol–water partition coefficient (Wildman–Crippen LogP) is 2.23. The standard InChI is InChI=1S/C19H30N2O3/c1-15(2)6-11-24-18-5-4-16(13-19(22)23-3)12-17(18)14-21-9-7-20-8-10-21/h4-5,12,15,20H,6-11,13-14H2,1-3H3. The monoisotopic (exact) mass is 334 g/mol. The van der Waals surface area contributed by atoms with E-state index in [1.807, 2.05) is 12.1 Å². The number of hydrogen-bond donors (Lipinski definition) is 1. The molecule has 1 aliphatic heterocycles. The van der Waals surface area contributed by atoms with Gasteiger partial charge in [0.2, 0.25) is 0 Å². The number of ether oxygens (including phenoxy) is 2. The van der Waals surface area contributed by atoms with E-state index in [4.69, 9.17) is 9.47 Å². The summed E-state index contributed by atoms with van der Waals surface area (Å²) in [6.45, 7) is 10.1. The average Bonchev–Trinajstić information content (AvgIpc) is 2.57. The van der Waals surface area contributed by atoms with Crippen LogP contribution in [0.1, 0.15) is 31.4 Å². The summed E-state index contributed by atoms with van der Waals surface area (Å²) in [5, 5.41) is 3.37. The van der Waals surface area contributed by atoms with Gasteiger partial charge >= 0.3 is 5.97 Å². The zero-order valence-corrected chi connectivity index (χ0v) is 15.1. The van der Waals surface area contributed by atoms with Crippen LogP contribution in [0.25, 0.3) is 0 Å². The van der Waals surface area contributed by atoms with Gasteiger partial charge in [-0.3, -0.25) is 9.69 Å². The molecular formula is C19H30N2O3. The SMILES string of the molecule is COC(=O)Cc1ccc(OCCC(C)C)c(CN2CCNCC2)c1. The van der Waals surface area contributed by atoms with E-state index in [9.17, 15) is 4.79 Å². The normalized spacial score (nSPS) is 15.5. The molecule has 1 N–H and O–H groups in total. The average molecular weight is 334 g/mol. The van der Waals surface area contributed by atoms with E-state index in [0.717, 1.165) is 62.6 Å². The van der Waals surface area contributed by atoms with Gasteiger partial charge in [0.25, 0.3) is 0 Å². The molecule has 1 heterocycles. The van der Waals surface area contributed by atoms with E-state index < -0.39 is 0 Å². The van der Waals surface area contributed by atoms with Gasteiger partial charge in [-0.15, -0.1) is 0 Å². The predicted molar refractivity (Wildman–Crippen MR) is 95.3 cm³/mol. The molecule has 1 aromatic carbocycles. The Morgan fingerprint density at radius 3 is 2.71 bits per heavy atom. The van der Waals surface area contributed by atoms with E-state index in [-0.39, 0.29) is 5.97 Å². The molecule has 2 rings (SSSR count). The van der Waals surface area contributed by atoms with Crippen molar-refractivity contribution in [3.8, 4) is 5.75 Å². The summed E-state index contributed by atoms with van der Waals surface area (Å²) in [4.78, 5) is 14.0. The molecule has 0 bridgehead atoms. The molecule has 134 valence electrons. The van der Waals surface area contributed by atoms with Crippen LogP contribution < -0.4 is 10.1 Å². The summed E-state index contributed by atoms with van der Waals surface area (Å²) in [5.41, 5.74) is 2.13. The first kappa shape index (κ1) is 18.7. The molecule has 0 amide bonds. The Bertz CT molecular complexity index is 525. The van der Waals surface area contributed by atoms with Crippen LogP contribution in [-0.2, 0) is 22.5 Å². The highest BCUT2D eigenvalue weighted by atomic mass is 16.5. The molecule has 0 aliphatic carbocycles. The van der Waals surface area contributed by atoms with E-state index in [1.165, 1.54) is 7.11 Å². The van der Waals surface area contributed by atoms with E-state index in [0.29, 0.717) is 12.3 Å². The lowest BCUT2D eigenvalue weighted by molar-refractivity contribution is -0.139. The maximum absolute atomic E-state index is 11.5. The Morgan fingerprint density at radius 2 is 2.04 bits per heavy atom. The van der Waals surface area contributed by atoms with Gasteiger partial charge in [-0.25, -0.2) is 0 Å². The highest BCUT2D eigenvalue weighted by molar-refractivity contribution is 5.72. The molecule has 5 nitrogen and oxygen atoms in total. The number of nitrogens with one attached hydrogen (secondary N) is 1. The Morgan fingerprint density at radius 1 is 1.29 bits per heavy atom. The second-order valence-electron chi connectivity index (χ2n) is 6.75. The number of benzene rings is 1. The van der Waals surface area contributed by atoms with Gasteiger partial charge in [-0.05, 0) is 24.0 Å². The van der Waals surface area contributed by atoms with Crippen molar-refractivity contribution in [1.82, 2.24) is 10.2 Å². The summed E-state index contributed by atoms with van der Waals surface area (Å²) < 4.78 is 10.8. The third-order valence-corrected chi connectivity index (χ3v) is 4.26. The van der Waals surface area contributed by atoms with Crippen molar-refractivity contribution < 1.29 is 14.3 Å². The summed E-state index contributed by atoms with van der Waals surface area (Å²) in [6, 6.07) is 6.04. The second kappa shape index (κ2) is 9.64. The van der Waals surface area contributed by atoms with Gasteiger partial charge in [-0.1, -0.05) is 26.0 Å². The molecule has 1 aliphatic rings. The van der Waals surface area contributed by atoms with Crippen LogP contribution in [0.15, 0.2) is 18.2 Å². The number of methoxy groups -OCH3 is 1. The second-order valence-corrected chi connectivity index (χ2v) is 6.75. The fraction of sp³-hybridized carbons (Fsp3) is 0.632. The Balaban J connectivity index is 2.09. The van der Waals surface area contributed by atoms with E-state index in [2.05, 4.69) is 30.1 Å². The number of hydrogen-bond acceptors (Lipinski definition) is 5. The number of carbonyl (C=O) groups is 1. The number of nitrogens with zero attached hydrogens (tertiary/aromatic N) is 1. The van der Waals surface area contributed by atoms with Crippen molar-refractivity contribution in [2.75, 3.05) is 39.9 Å². The lowest BCUT2D eigenvalue weighted by atomic mass is 10.1.